The SMILES string of the molecule is [N-]=[N+]=NCS(=O)(=O)CC1=C(C(=O)[O-])N2C(=O)C(NC(=O)/C(=N\O)c3csc(N)n3)[C@H]2SC1.[Na+]. The number of fused-ring (bicyclic) bond motifs is 1. The van der Waals surface area contributed by atoms with Gasteiger partial charge in [0, 0.05) is 16.0 Å². The van der Waals surface area contributed by atoms with Gasteiger partial charge in [0.1, 0.15) is 23.0 Å². The minimum Gasteiger partial charge on any atom is -0.543 e. The summed E-state index contributed by atoms with van der Waals surface area (Å²) in [5.41, 5.74) is 12.5. The van der Waals surface area contributed by atoms with Crippen LogP contribution in [0.1, 0.15) is 5.69 Å². The number of hydrogen-bond acceptors (Lipinski definition) is 13. The summed E-state index contributed by atoms with van der Waals surface area (Å²) in [6.07, 6.45) is 0. The Morgan fingerprint density at radius 3 is 2.73 bits per heavy atom. The molecule has 1 unspecified atom stereocenters. The Labute approximate surface area is 215 Å². The molecule has 33 heavy (non-hydrogen) atoms. The maximum Gasteiger partial charge on any atom is 1.00 e. The van der Waals surface area contributed by atoms with Gasteiger partial charge in [-0.15, -0.1) is 23.1 Å². The van der Waals surface area contributed by atoms with Gasteiger partial charge in [0.15, 0.2) is 20.7 Å². The van der Waals surface area contributed by atoms with Gasteiger partial charge in [0.2, 0.25) is 0 Å². The molecule has 4 N–H and O–H groups in total. The van der Waals surface area contributed by atoms with Crippen molar-refractivity contribution < 1.29 is 62.7 Å². The van der Waals surface area contributed by atoms with Gasteiger partial charge in [-0.05, 0) is 11.1 Å². The minimum atomic E-state index is -3.97. The molecule has 2 aliphatic heterocycles. The first-order valence-corrected chi connectivity index (χ1v) is 12.2. The molecule has 1 aromatic rings. The molecule has 2 atom stereocenters. The van der Waals surface area contributed by atoms with Crippen LogP contribution in [-0.2, 0) is 24.2 Å². The van der Waals surface area contributed by atoms with Crippen LogP contribution in [0.4, 0.5) is 5.13 Å². The second-order valence-electron chi connectivity index (χ2n) is 6.37. The summed E-state index contributed by atoms with van der Waals surface area (Å²) < 4.78 is 24.1. The molecular formula is C14H13N8NaO7S3. The van der Waals surface area contributed by atoms with Crippen LogP contribution in [0.15, 0.2) is 26.9 Å². The van der Waals surface area contributed by atoms with Crippen molar-refractivity contribution in [2.45, 2.75) is 11.4 Å². The van der Waals surface area contributed by atoms with Crippen LogP contribution in [0.25, 0.3) is 10.4 Å². The van der Waals surface area contributed by atoms with E-state index in [9.17, 15) is 27.9 Å². The van der Waals surface area contributed by atoms with Crippen molar-refractivity contribution in [1.82, 2.24) is 15.2 Å². The van der Waals surface area contributed by atoms with Crippen LogP contribution < -0.4 is 45.7 Å². The van der Waals surface area contributed by atoms with Crippen LogP contribution >= 0.6 is 23.1 Å². The maximum absolute atomic E-state index is 12.6. The largest absolute Gasteiger partial charge is 1.00 e. The molecule has 0 spiro atoms. The van der Waals surface area contributed by atoms with E-state index in [0.717, 1.165) is 28.0 Å². The Hall–Kier alpha value is -2.34. The predicted molar refractivity (Wildman–Crippen MR) is 110 cm³/mol. The first kappa shape index (κ1) is 26.9. The number of carbonyl (C=O) groups excluding carboxylic acids is 3. The summed E-state index contributed by atoms with van der Waals surface area (Å²) in [7, 11) is -3.97. The second kappa shape index (κ2) is 10.7. The summed E-state index contributed by atoms with van der Waals surface area (Å²) in [6, 6.07) is -1.17. The Bertz CT molecular complexity index is 1210. The third-order valence-corrected chi connectivity index (χ3v) is 7.63. The number of carbonyl (C=O) groups is 3. The van der Waals surface area contributed by atoms with Crippen molar-refractivity contribution in [2.24, 2.45) is 10.3 Å². The number of β-lactam (4-membered cyclic amide) rings is 1. The maximum atomic E-state index is 12.6. The van der Waals surface area contributed by atoms with Gasteiger partial charge >= 0.3 is 29.6 Å². The molecule has 3 heterocycles. The zero-order valence-electron chi connectivity index (χ0n) is 16.7. The van der Waals surface area contributed by atoms with E-state index >= 15 is 0 Å². The first-order valence-electron chi connectivity index (χ1n) is 8.43. The van der Waals surface area contributed by atoms with Crippen LogP contribution in [0.5, 0.6) is 0 Å². The number of azide groups is 1. The number of nitrogen functional groups attached to an aromatic ring is 1. The van der Waals surface area contributed by atoms with Gasteiger partial charge in [-0.25, -0.2) is 13.4 Å². The number of carboxylic acids is 1. The van der Waals surface area contributed by atoms with Crippen LogP contribution in [0, 0.1) is 0 Å². The second-order valence-corrected chi connectivity index (χ2v) is 10.4. The quantitative estimate of drug-likeness (QED) is 0.0427. The normalized spacial score (nSPS) is 20.2. The fraction of sp³-hybridized carbons (Fsp3) is 0.357. The summed E-state index contributed by atoms with van der Waals surface area (Å²) in [5, 5.41) is 29.6. The van der Waals surface area contributed by atoms with Gasteiger partial charge in [0.25, 0.3) is 11.8 Å². The number of aromatic nitrogens is 1. The zero-order chi connectivity index (χ0) is 23.6. The van der Waals surface area contributed by atoms with E-state index < -0.39 is 62.1 Å². The van der Waals surface area contributed by atoms with Crippen molar-refractivity contribution in [1.29, 1.82) is 0 Å². The smallest absolute Gasteiger partial charge is 0.543 e. The molecule has 1 fully saturated rings. The summed E-state index contributed by atoms with van der Waals surface area (Å²) >= 11 is 2.01. The monoisotopic (exact) mass is 524 g/mol. The molecule has 3 rings (SSSR count). The molecule has 1 aromatic heterocycles. The Morgan fingerprint density at radius 1 is 1.48 bits per heavy atom. The third kappa shape index (κ3) is 5.60. The van der Waals surface area contributed by atoms with E-state index in [1.54, 1.807) is 0 Å². The van der Waals surface area contributed by atoms with Gasteiger partial charge in [-0.1, -0.05) is 10.3 Å². The topological polar surface area (TPSA) is 244 Å². The van der Waals surface area contributed by atoms with E-state index in [1.807, 2.05) is 0 Å². The number of oxime groups is 1. The number of amides is 2. The molecule has 15 nitrogen and oxygen atoms in total. The number of sulfone groups is 1. The number of aliphatic carboxylic acids is 1. The van der Waals surface area contributed by atoms with E-state index in [1.165, 1.54) is 5.38 Å². The Morgan fingerprint density at radius 2 is 2.18 bits per heavy atom. The molecular weight excluding hydrogens is 511 g/mol. The van der Waals surface area contributed by atoms with Gasteiger partial charge in [0.05, 0.1) is 17.4 Å². The molecule has 1 saturated heterocycles. The molecule has 0 radical (unpaired) electrons. The van der Waals surface area contributed by atoms with Gasteiger partial charge < -0.3 is 26.2 Å². The van der Waals surface area contributed by atoms with Crippen molar-refractivity contribution in [3.05, 3.63) is 32.8 Å². The van der Waals surface area contributed by atoms with Crippen molar-refractivity contribution in [2.75, 3.05) is 23.1 Å². The molecule has 0 aliphatic carbocycles. The molecule has 19 heteroatoms. The number of thioether (sulfide) groups is 1. The summed E-state index contributed by atoms with van der Waals surface area (Å²) in [6.45, 7) is 0. The van der Waals surface area contributed by atoms with Crippen LogP contribution in [-0.4, -0.2) is 75.8 Å². The number of anilines is 1. The van der Waals surface area contributed by atoms with E-state index in [-0.39, 0.29) is 51.7 Å². The summed E-state index contributed by atoms with van der Waals surface area (Å²) in [5.74, 6) is -5.25. The molecule has 0 saturated carbocycles. The zero-order valence-corrected chi connectivity index (χ0v) is 21.2. The summed E-state index contributed by atoms with van der Waals surface area (Å²) in [4.78, 5) is 43.7. The van der Waals surface area contributed by atoms with E-state index in [2.05, 4.69) is 25.5 Å². The van der Waals surface area contributed by atoms with E-state index in [0.29, 0.717) is 0 Å². The van der Waals surface area contributed by atoms with Crippen molar-refractivity contribution in [3.8, 4) is 0 Å². The average Bonchev–Trinajstić information content (AvgIpc) is 3.16. The fourth-order valence-corrected chi connectivity index (χ4v) is 6.14. The number of nitrogens with one attached hydrogen (secondary N) is 1. The number of carboxylic acid groups (broad SMARTS) is 1. The fourth-order valence-electron chi connectivity index (χ4n) is 3.03. The predicted octanol–water partition coefficient (Wildman–Crippen LogP) is -5.01. The first-order chi connectivity index (χ1) is 15.1. The molecule has 2 aliphatic rings. The van der Waals surface area contributed by atoms with Gasteiger partial charge in [-0.3, -0.25) is 14.5 Å². The van der Waals surface area contributed by atoms with Gasteiger partial charge in [-0.2, -0.15) is 0 Å². The molecule has 170 valence electrons. The Balaban J connectivity index is 0.00000385. The average molecular weight is 524 g/mol. The number of rotatable bonds is 8. The van der Waals surface area contributed by atoms with E-state index in [4.69, 9.17) is 16.5 Å². The molecule has 0 aromatic carbocycles. The number of thiazole rings is 1. The van der Waals surface area contributed by atoms with Crippen molar-refractivity contribution >= 4 is 61.6 Å². The molecule has 0 bridgehead atoms. The number of nitrogens with zero attached hydrogens (tertiary/aromatic N) is 6. The Kier molecular flexibility index (Phi) is 8.75. The number of nitrogens with two attached hydrogens (primary N) is 1. The van der Waals surface area contributed by atoms with Crippen LogP contribution in [0.2, 0.25) is 0 Å². The third-order valence-electron chi connectivity index (χ3n) is 4.32. The molecule has 2 amide bonds. The number of hydrogen-bond donors (Lipinski definition) is 3. The minimum absolute atomic E-state index is 0. The van der Waals surface area contributed by atoms with Crippen molar-refractivity contribution in [3.63, 3.8) is 0 Å². The van der Waals surface area contributed by atoms with Crippen LogP contribution in [0.3, 0.4) is 0 Å². The standard InChI is InChI=1S/C14H14N8O7S3.Na/c15-14-18-6(2-31-14)7(20-27)10(23)19-8-11(24)22-9(13(25)26)5(1-30-12(8)22)3-32(28,29)4-17-21-16;/h2,8,12,27H,1,3-4H2,(H2,15,18)(H,19,23)(H,25,26);/q;+1/p-1/b20-7-;/t8?,12-;/m1./s1.